The predicted molar refractivity (Wildman–Crippen MR) is 112 cm³/mol. The molecule has 0 heterocycles. The van der Waals surface area contributed by atoms with Gasteiger partial charge in [0, 0.05) is 10.0 Å². The summed E-state index contributed by atoms with van der Waals surface area (Å²) in [6.45, 7) is -0.415. The van der Waals surface area contributed by atoms with Gasteiger partial charge in [-0.05, 0) is 36.4 Å². The molecule has 0 spiro atoms. The Morgan fingerprint density at radius 3 is 2.57 bits per heavy atom. The first-order valence-corrected chi connectivity index (χ1v) is 10.7. The maximum Gasteiger partial charge on any atom is 0.260 e. The van der Waals surface area contributed by atoms with E-state index in [1.165, 1.54) is 20.4 Å². The zero-order valence-electron chi connectivity index (χ0n) is 15.5. The Balaban J connectivity index is 2.13. The molecule has 1 amide bonds. The number of halogens is 1. The molecule has 1 N–H and O–H groups in total. The minimum atomic E-state index is -3.66. The van der Waals surface area contributed by atoms with Crippen LogP contribution in [0.4, 0.5) is 5.69 Å². The average molecular weight is 470 g/mol. The van der Waals surface area contributed by atoms with Gasteiger partial charge in [-0.3, -0.25) is 9.10 Å². The number of hydrogen-bond donors (Lipinski definition) is 1. The topological polar surface area (TPSA) is 97.3 Å². The third kappa shape index (κ3) is 5.96. The zero-order chi connectivity index (χ0) is 20.7. The number of sulfonamides is 1. The number of nitrogens with zero attached hydrogens (tertiary/aromatic N) is 2. The molecule has 10 heteroatoms. The van der Waals surface area contributed by atoms with Gasteiger partial charge in [0.25, 0.3) is 5.91 Å². The predicted octanol–water partition coefficient (Wildman–Crippen LogP) is 2.38. The zero-order valence-corrected chi connectivity index (χ0v) is 18.0. The fourth-order valence-corrected chi connectivity index (χ4v) is 3.55. The first-order chi connectivity index (χ1) is 13.2. The van der Waals surface area contributed by atoms with E-state index in [1.54, 1.807) is 42.5 Å². The van der Waals surface area contributed by atoms with Gasteiger partial charge in [-0.25, -0.2) is 13.8 Å². The van der Waals surface area contributed by atoms with Crippen molar-refractivity contribution in [1.29, 1.82) is 0 Å². The number of benzene rings is 2. The standard InChI is InChI=1S/C18H20BrN3O5S/c1-26-16-7-8-17(27-2)13(9-16)11-20-21-18(23)12-22(28(3,24)25)15-6-4-5-14(19)10-15/h4-11H,12H2,1-3H3,(H,21,23)/b20-11-. The highest BCUT2D eigenvalue weighted by atomic mass is 79.9. The van der Waals surface area contributed by atoms with Crippen molar-refractivity contribution in [3.8, 4) is 11.5 Å². The van der Waals surface area contributed by atoms with Gasteiger partial charge in [-0.15, -0.1) is 0 Å². The highest BCUT2D eigenvalue weighted by molar-refractivity contribution is 9.10. The number of hydrazone groups is 1. The molecular weight excluding hydrogens is 450 g/mol. The lowest BCUT2D eigenvalue weighted by atomic mass is 10.2. The first kappa shape index (κ1) is 21.7. The molecule has 150 valence electrons. The van der Waals surface area contributed by atoms with Gasteiger partial charge < -0.3 is 9.47 Å². The minimum absolute atomic E-state index is 0.366. The van der Waals surface area contributed by atoms with Crippen molar-refractivity contribution in [2.45, 2.75) is 0 Å². The molecule has 0 unspecified atom stereocenters. The van der Waals surface area contributed by atoms with Crippen molar-refractivity contribution in [3.05, 3.63) is 52.5 Å². The molecule has 0 aromatic heterocycles. The molecule has 0 fully saturated rings. The average Bonchev–Trinajstić information content (AvgIpc) is 2.65. The van der Waals surface area contributed by atoms with E-state index in [9.17, 15) is 13.2 Å². The number of carbonyl (C=O) groups is 1. The second kappa shape index (κ2) is 9.56. The van der Waals surface area contributed by atoms with Crippen LogP contribution in [0.5, 0.6) is 11.5 Å². The van der Waals surface area contributed by atoms with Gasteiger partial charge in [-0.2, -0.15) is 5.10 Å². The molecular formula is C18H20BrN3O5S. The number of carbonyl (C=O) groups excluding carboxylic acids is 1. The van der Waals surface area contributed by atoms with Gasteiger partial charge in [0.15, 0.2) is 0 Å². The molecule has 28 heavy (non-hydrogen) atoms. The van der Waals surface area contributed by atoms with Crippen molar-refractivity contribution in [2.75, 3.05) is 31.3 Å². The highest BCUT2D eigenvalue weighted by Crippen LogP contribution is 2.23. The number of ether oxygens (including phenoxy) is 2. The normalized spacial score (nSPS) is 11.3. The van der Waals surface area contributed by atoms with E-state index < -0.39 is 22.5 Å². The van der Waals surface area contributed by atoms with Crippen molar-refractivity contribution >= 4 is 43.8 Å². The monoisotopic (exact) mass is 469 g/mol. The third-order valence-corrected chi connectivity index (χ3v) is 5.25. The van der Waals surface area contributed by atoms with Crippen molar-refractivity contribution in [1.82, 2.24) is 5.43 Å². The molecule has 0 radical (unpaired) electrons. The van der Waals surface area contributed by atoms with Crippen LogP contribution in [0.15, 0.2) is 52.0 Å². The molecule has 0 saturated heterocycles. The second-order valence-electron chi connectivity index (χ2n) is 5.65. The Hall–Kier alpha value is -2.59. The Labute approximate surface area is 172 Å². The summed E-state index contributed by atoms with van der Waals surface area (Å²) in [5.41, 5.74) is 3.28. The summed E-state index contributed by atoms with van der Waals surface area (Å²) >= 11 is 3.29. The van der Waals surface area contributed by atoms with E-state index >= 15 is 0 Å². The van der Waals surface area contributed by atoms with E-state index in [0.717, 1.165) is 10.6 Å². The summed E-state index contributed by atoms with van der Waals surface area (Å²) < 4.78 is 36.2. The molecule has 0 aliphatic heterocycles. The van der Waals surface area contributed by atoms with E-state index in [-0.39, 0.29) is 0 Å². The van der Waals surface area contributed by atoms with Crippen LogP contribution in [-0.4, -0.2) is 47.6 Å². The minimum Gasteiger partial charge on any atom is -0.497 e. The molecule has 2 rings (SSSR count). The molecule has 2 aromatic rings. The second-order valence-corrected chi connectivity index (χ2v) is 8.47. The lowest BCUT2D eigenvalue weighted by molar-refractivity contribution is -0.119. The first-order valence-electron chi connectivity index (χ1n) is 8.02. The van der Waals surface area contributed by atoms with Crippen LogP contribution in [0.3, 0.4) is 0 Å². The van der Waals surface area contributed by atoms with Gasteiger partial charge in [-0.1, -0.05) is 22.0 Å². The number of methoxy groups -OCH3 is 2. The van der Waals surface area contributed by atoms with Crippen LogP contribution < -0.4 is 19.2 Å². The number of anilines is 1. The van der Waals surface area contributed by atoms with Gasteiger partial charge in [0.05, 0.1) is 32.4 Å². The quantitative estimate of drug-likeness (QED) is 0.472. The van der Waals surface area contributed by atoms with E-state index in [2.05, 4.69) is 26.5 Å². The van der Waals surface area contributed by atoms with Gasteiger partial charge >= 0.3 is 0 Å². The van der Waals surface area contributed by atoms with E-state index in [1.807, 2.05) is 0 Å². The fraction of sp³-hybridized carbons (Fsp3) is 0.222. The Morgan fingerprint density at radius 2 is 1.96 bits per heavy atom. The summed E-state index contributed by atoms with van der Waals surface area (Å²) in [6.07, 6.45) is 2.43. The maximum atomic E-state index is 12.2. The molecule has 0 atom stereocenters. The van der Waals surface area contributed by atoms with Crippen LogP contribution in [-0.2, 0) is 14.8 Å². The number of amides is 1. The molecule has 0 bridgehead atoms. The van der Waals surface area contributed by atoms with Crippen molar-refractivity contribution in [2.24, 2.45) is 5.10 Å². The largest absolute Gasteiger partial charge is 0.497 e. The summed E-state index contributed by atoms with van der Waals surface area (Å²) in [5, 5.41) is 3.88. The van der Waals surface area contributed by atoms with Crippen LogP contribution in [0.1, 0.15) is 5.56 Å². The van der Waals surface area contributed by atoms with Gasteiger partial charge in [0.2, 0.25) is 10.0 Å². The molecule has 0 aliphatic carbocycles. The number of nitrogens with one attached hydrogen (secondary N) is 1. The molecule has 0 aliphatic rings. The summed E-state index contributed by atoms with van der Waals surface area (Å²) in [7, 11) is -0.616. The van der Waals surface area contributed by atoms with Crippen LogP contribution in [0.25, 0.3) is 0 Å². The van der Waals surface area contributed by atoms with Crippen LogP contribution in [0, 0.1) is 0 Å². The highest BCUT2D eigenvalue weighted by Gasteiger charge is 2.20. The smallest absolute Gasteiger partial charge is 0.260 e. The van der Waals surface area contributed by atoms with Crippen LogP contribution in [0.2, 0.25) is 0 Å². The van der Waals surface area contributed by atoms with Crippen molar-refractivity contribution in [3.63, 3.8) is 0 Å². The van der Waals surface area contributed by atoms with E-state index in [0.29, 0.717) is 27.2 Å². The summed E-state index contributed by atoms with van der Waals surface area (Å²) in [4.78, 5) is 12.2. The number of hydrogen-bond acceptors (Lipinski definition) is 6. The SMILES string of the molecule is COc1ccc(OC)c(/C=N\NC(=O)CN(c2cccc(Br)c2)S(C)(=O)=O)c1. The lowest BCUT2D eigenvalue weighted by Crippen LogP contribution is -2.39. The van der Waals surface area contributed by atoms with Crippen molar-refractivity contribution < 1.29 is 22.7 Å². The summed E-state index contributed by atoms with van der Waals surface area (Å²) in [5.74, 6) is 0.556. The molecule has 0 saturated carbocycles. The van der Waals surface area contributed by atoms with Gasteiger partial charge in [0.1, 0.15) is 18.0 Å². The van der Waals surface area contributed by atoms with Crippen LogP contribution >= 0.6 is 15.9 Å². The summed E-state index contributed by atoms with van der Waals surface area (Å²) in [6, 6.07) is 11.8. The third-order valence-electron chi connectivity index (χ3n) is 3.61. The lowest BCUT2D eigenvalue weighted by Gasteiger charge is -2.21. The fourth-order valence-electron chi connectivity index (χ4n) is 2.31. The number of rotatable bonds is 8. The maximum absolute atomic E-state index is 12.2. The molecule has 8 nitrogen and oxygen atoms in total. The Kier molecular flexibility index (Phi) is 7.41. The molecule has 2 aromatic carbocycles. The van der Waals surface area contributed by atoms with E-state index in [4.69, 9.17) is 9.47 Å². The Morgan fingerprint density at radius 1 is 1.21 bits per heavy atom. The Bertz CT molecular complexity index is 979.